The molecular weight excluding hydrogens is 322 g/mol. The smallest absolute Gasteiger partial charge is 0.319 e. The normalized spacial score (nSPS) is 15.2. The lowest BCUT2D eigenvalue weighted by Gasteiger charge is -2.13. The third kappa shape index (κ3) is 3.98. The molecule has 1 unspecified atom stereocenters. The summed E-state index contributed by atoms with van der Waals surface area (Å²) in [5.41, 5.74) is 1.04. The number of ether oxygens (including phenoxy) is 1. The molecule has 0 amide bonds. The van der Waals surface area contributed by atoms with Gasteiger partial charge in [-0.25, -0.2) is 0 Å². The Morgan fingerprint density at radius 2 is 2.08 bits per heavy atom. The maximum absolute atomic E-state index is 12.1. The first-order chi connectivity index (χ1) is 11.7. The van der Waals surface area contributed by atoms with E-state index >= 15 is 0 Å². The molecule has 1 fully saturated rings. The summed E-state index contributed by atoms with van der Waals surface area (Å²) in [4.78, 5) is 12.1. The molecule has 1 aliphatic rings. The van der Waals surface area contributed by atoms with E-state index in [0.717, 1.165) is 42.4 Å². The number of unbranched alkanes of at least 4 members (excludes halogenated alkanes) is 1. The van der Waals surface area contributed by atoms with Crippen LogP contribution in [0, 0.1) is 0 Å². The number of nitrogens with zero attached hydrogens (tertiary/aromatic N) is 3. The van der Waals surface area contributed by atoms with E-state index in [1.807, 2.05) is 37.3 Å². The maximum atomic E-state index is 12.1. The first-order valence-electron chi connectivity index (χ1n) is 8.54. The molecule has 1 heterocycles. The van der Waals surface area contributed by atoms with Crippen molar-refractivity contribution >= 4 is 17.7 Å². The zero-order valence-electron chi connectivity index (χ0n) is 14.1. The Kier molecular flexibility index (Phi) is 5.56. The third-order valence-electron chi connectivity index (χ3n) is 3.97. The Morgan fingerprint density at radius 1 is 1.33 bits per heavy atom. The van der Waals surface area contributed by atoms with E-state index < -0.39 is 0 Å². The van der Waals surface area contributed by atoms with Crippen molar-refractivity contribution in [3.63, 3.8) is 0 Å². The van der Waals surface area contributed by atoms with Crippen LogP contribution < -0.4 is 0 Å². The minimum atomic E-state index is -0.305. The number of hydrogen-bond acceptors (Lipinski definition) is 5. The second-order valence-electron chi connectivity index (χ2n) is 6.07. The lowest BCUT2D eigenvalue weighted by Crippen LogP contribution is -2.18. The zero-order valence-corrected chi connectivity index (χ0v) is 15.0. The van der Waals surface area contributed by atoms with E-state index in [9.17, 15) is 4.79 Å². The molecule has 2 aromatic rings. The van der Waals surface area contributed by atoms with Crippen molar-refractivity contribution < 1.29 is 9.53 Å². The highest BCUT2D eigenvalue weighted by atomic mass is 32.2. The summed E-state index contributed by atoms with van der Waals surface area (Å²) >= 11 is 1.41. The third-order valence-corrected chi connectivity index (χ3v) is 4.99. The van der Waals surface area contributed by atoms with E-state index in [1.165, 1.54) is 11.8 Å². The maximum Gasteiger partial charge on any atom is 0.319 e. The van der Waals surface area contributed by atoms with Gasteiger partial charge in [0, 0.05) is 11.6 Å². The van der Waals surface area contributed by atoms with Crippen LogP contribution in [0.2, 0.25) is 0 Å². The topological polar surface area (TPSA) is 57.0 Å². The van der Waals surface area contributed by atoms with E-state index in [4.69, 9.17) is 4.74 Å². The lowest BCUT2D eigenvalue weighted by molar-refractivity contribution is -0.142. The van der Waals surface area contributed by atoms with Gasteiger partial charge in [0.25, 0.3) is 0 Å². The van der Waals surface area contributed by atoms with E-state index in [2.05, 4.69) is 21.7 Å². The molecule has 6 heteroatoms. The fourth-order valence-electron chi connectivity index (χ4n) is 2.42. The zero-order chi connectivity index (χ0) is 16.9. The minimum absolute atomic E-state index is 0.191. The van der Waals surface area contributed by atoms with Gasteiger partial charge in [-0.15, -0.1) is 10.2 Å². The summed E-state index contributed by atoms with van der Waals surface area (Å²) in [6, 6.07) is 10.1. The molecule has 0 bridgehead atoms. The van der Waals surface area contributed by atoms with Crippen molar-refractivity contribution in [2.24, 2.45) is 0 Å². The average Bonchev–Trinajstić information content (AvgIpc) is 3.36. The van der Waals surface area contributed by atoms with Crippen LogP contribution in [0.1, 0.15) is 51.3 Å². The molecule has 1 atom stereocenters. The molecule has 1 saturated carbocycles. The average molecular weight is 345 g/mol. The van der Waals surface area contributed by atoms with Gasteiger partial charge in [0.1, 0.15) is 11.1 Å². The van der Waals surface area contributed by atoms with Crippen LogP contribution in [0.3, 0.4) is 0 Å². The Bertz CT molecular complexity index is 683. The van der Waals surface area contributed by atoms with Gasteiger partial charge in [-0.3, -0.25) is 9.36 Å². The van der Waals surface area contributed by atoms with E-state index in [-0.39, 0.29) is 11.2 Å². The highest BCUT2D eigenvalue weighted by Gasteiger charge is 2.32. The van der Waals surface area contributed by atoms with Gasteiger partial charge in [-0.2, -0.15) is 0 Å². The molecule has 0 saturated heterocycles. The molecule has 1 aliphatic carbocycles. The van der Waals surface area contributed by atoms with E-state index in [1.54, 1.807) is 0 Å². The first kappa shape index (κ1) is 17.0. The van der Waals surface area contributed by atoms with Crippen LogP contribution in [0.4, 0.5) is 0 Å². The summed E-state index contributed by atoms with van der Waals surface area (Å²) in [6.07, 6.45) is 4.23. The SMILES string of the molecule is CCCCOC(=O)C(C)Sc1nnc(C2CC2)n1-c1ccccc1. The van der Waals surface area contributed by atoms with Crippen LogP contribution in [0.15, 0.2) is 35.5 Å². The molecule has 0 radical (unpaired) electrons. The number of benzene rings is 1. The first-order valence-corrected chi connectivity index (χ1v) is 9.42. The molecule has 0 spiro atoms. The number of para-hydroxylation sites is 1. The molecule has 24 heavy (non-hydrogen) atoms. The highest BCUT2D eigenvalue weighted by Crippen LogP contribution is 2.41. The highest BCUT2D eigenvalue weighted by molar-refractivity contribution is 8.00. The van der Waals surface area contributed by atoms with Crippen molar-refractivity contribution in [2.75, 3.05) is 6.61 Å². The van der Waals surface area contributed by atoms with Gasteiger partial charge in [0.05, 0.1) is 6.61 Å². The van der Waals surface area contributed by atoms with Gasteiger partial charge in [0.15, 0.2) is 5.16 Å². The predicted molar refractivity (Wildman–Crippen MR) is 94.5 cm³/mol. The number of aromatic nitrogens is 3. The Balaban J connectivity index is 1.77. The Labute approximate surface area is 146 Å². The van der Waals surface area contributed by atoms with Crippen molar-refractivity contribution in [2.45, 2.75) is 55.9 Å². The van der Waals surface area contributed by atoms with Crippen LogP contribution in [-0.4, -0.2) is 32.6 Å². The van der Waals surface area contributed by atoms with Crippen LogP contribution in [-0.2, 0) is 9.53 Å². The summed E-state index contributed by atoms with van der Waals surface area (Å²) < 4.78 is 7.39. The number of esters is 1. The molecule has 5 nitrogen and oxygen atoms in total. The van der Waals surface area contributed by atoms with E-state index in [0.29, 0.717) is 12.5 Å². The van der Waals surface area contributed by atoms with Crippen LogP contribution in [0.25, 0.3) is 5.69 Å². The fourth-order valence-corrected chi connectivity index (χ4v) is 3.30. The second-order valence-corrected chi connectivity index (χ2v) is 7.38. The number of hydrogen-bond donors (Lipinski definition) is 0. The summed E-state index contributed by atoms with van der Waals surface area (Å²) in [6.45, 7) is 4.42. The van der Waals surface area contributed by atoms with Gasteiger partial charge in [0.2, 0.25) is 0 Å². The summed E-state index contributed by atoms with van der Waals surface area (Å²) in [7, 11) is 0. The second kappa shape index (κ2) is 7.83. The summed E-state index contributed by atoms with van der Waals surface area (Å²) in [5, 5.41) is 9.17. The molecule has 3 rings (SSSR count). The number of rotatable bonds is 8. The minimum Gasteiger partial charge on any atom is -0.465 e. The van der Waals surface area contributed by atoms with Gasteiger partial charge in [-0.1, -0.05) is 43.3 Å². The fraction of sp³-hybridized carbons (Fsp3) is 0.500. The van der Waals surface area contributed by atoms with Crippen molar-refractivity contribution in [1.82, 2.24) is 14.8 Å². The Hall–Kier alpha value is -1.82. The van der Waals surface area contributed by atoms with Gasteiger partial charge >= 0.3 is 5.97 Å². The molecule has 1 aromatic heterocycles. The monoisotopic (exact) mass is 345 g/mol. The molecule has 1 aromatic carbocycles. The van der Waals surface area contributed by atoms with Crippen LogP contribution >= 0.6 is 11.8 Å². The molecule has 128 valence electrons. The predicted octanol–water partition coefficient (Wildman–Crippen LogP) is 3.97. The lowest BCUT2D eigenvalue weighted by atomic mass is 10.3. The summed E-state index contributed by atoms with van der Waals surface area (Å²) in [5.74, 6) is 1.29. The Morgan fingerprint density at radius 3 is 2.75 bits per heavy atom. The number of thioether (sulfide) groups is 1. The molecule has 0 aliphatic heterocycles. The number of carbonyl (C=O) groups is 1. The largest absolute Gasteiger partial charge is 0.465 e. The van der Waals surface area contributed by atoms with Crippen molar-refractivity contribution in [3.05, 3.63) is 36.2 Å². The quantitative estimate of drug-likeness (QED) is 0.412. The molecular formula is C18H23N3O2S. The van der Waals surface area contributed by atoms with Crippen molar-refractivity contribution in [3.8, 4) is 5.69 Å². The molecule has 0 N–H and O–H groups in total. The van der Waals surface area contributed by atoms with Gasteiger partial charge in [-0.05, 0) is 38.3 Å². The van der Waals surface area contributed by atoms with Gasteiger partial charge < -0.3 is 4.74 Å². The van der Waals surface area contributed by atoms with Crippen LogP contribution in [0.5, 0.6) is 0 Å². The standard InChI is InChI=1S/C18H23N3O2S/c1-3-4-12-23-17(22)13(2)24-18-20-19-16(14-10-11-14)21(18)15-8-6-5-7-9-15/h5-9,13-14H,3-4,10-12H2,1-2H3. The number of carbonyl (C=O) groups excluding carboxylic acids is 1. The van der Waals surface area contributed by atoms with Crippen molar-refractivity contribution in [1.29, 1.82) is 0 Å².